The summed E-state index contributed by atoms with van der Waals surface area (Å²) in [6, 6.07) is 8.14. The molecule has 0 fully saturated rings. The molecule has 2 rings (SSSR count). The largest absolute Gasteiger partial charge is 0.478 e. The fourth-order valence-corrected chi connectivity index (χ4v) is 3.67. The Morgan fingerprint density at radius 2 is 1.86 bits per heavy atom. The van der Waals surface area contributed by atoms with Gasteiger partial charge in [0.1, 0.15) is 11.6 Å². The first kappa shape index (κ1) is 15.9. The van der Waals surface area contributed by atoms with Gasteiger partial charge >= 0.3 is 5.97 Å². The summed E-state index contributed by atoms with van der Waals surface area (Å²) in [6.07, 6.45) is 0. The molecule has 0 bridgehead atoms. The first-order valence-electron chi connectivity index (χ1n) is 6.15. The lowest BCUT2D eigenvalue weighted by atomic mass is 10.2. The molecule has 0 amide bonds. The molecule has 0 atom stereocenters. The molecule has 21 heavy (non-hydrogen) atoms. The Bertz CT molecular complexity index is 675. The Morgan fingerprint density at radius 1 is 1.14 bits per heavy atom. The van der Waals surface area contributed by atoms with Gasteiger partial charge in [-0.3, -0.25) is 0 Å². The monoisotopic (exact) mass is 326 g/mol. The summed E-state index contributed by atoms with van der Waals surface area (Å²) in [4.78, 5) is 12.5. The molecule has 2 aromatic carbocycles. The van der Waals surface area contributed by atoms with Crippen LogP contribution in [0.3, 0.4) is 0 Å². The molecule has 0 aliphatic carbocycles. The van der Waals surface area contributed by atoms with Gasteiger partial charge in [-0.15, -0.1) is 11.8 Å². The van der Waals surface area contributed by atoms with Crippen molar-refractivity contribution in [2.75, 3.05) is 5.75 Å². The predicted octanol–water partition coefficient (Wildman–Crippen LogP) is 4.93. The fourth-order valence-electron chi connectivity index (χ4n) is 1.76. The van der Waals surface area contributed by atoms with E-state index in [1.807, 2.05) is 6.92 Å². The van der Waals surface area contributed by atoms with Gasteiger partial charge in [-0.2, -0.15) is 0 Å². The van der Waals surface area contributed by atoms with E-state index in [4.69, 9.17) is 0 Å². The Morgan fingerprint density at radius 3 is 2.52 bits per heavy atom. The molecular formula is C15H12F2O2S2. The molecule has 0 saturated carbocycles. The maximum atomic E-state index is 13.7. The van der Waals surface area contributed by atoms with Gasteiger partial charge in [0.15, 0.2) is 0 Å². The third-order valence-electron chi connectivity index (χ3n) is 2.61. The molecule has 0 aromatic heterocycles. The minimum Gasteiger partial charge on any atom is -0.478 e. The van der Waals surface area contributed by atoms with Crippen LogP contribution in [0.2, 0.25) is 0 Å². The van der Waals surface area contributed by atoms with E-state index in [0.717, 1.165) is 35.7 Å². The van der Waals surface area contributed by atoms with Crippen molar-refractivity contribution >= 4 is 29.5 Å². The Kier molecular flexibility index (Phi) is 5.25. The third kappa shape index (κ3) is 3.77. The first-order valence-corrected chi connectivity index (χ1v) is 7.95. The second-order valence-electron chi connectivity index (χ2n) is 4.04. The van der Waals surface area contributed by atoms with Crippen LogP contribution in [0.25, 0.3) is 0 Å². The highest BCUT2D eigenvalue weighted by molar-refractivity contribution is 8.00. The lowest BCUT2D eigenvalue weighted by molar-refractivity contribution is 0.0689. The molecule has 0 saturated heterocycles. The summed E-state index contributed by atoms with van der Waals surface area (Å²) in [5.74, 6) is -1.49. The van der Waals surface area contributed by atoms with Gasteiger partial charge in [-0.25, -0.2) is 13.6 Å². The van der Waals surface area contributed by atoms with Gasteiger partial charge in [-0.05, 0) is 36.1 Å². The van der Waals surface area contributed by atoms with Crippen molar-refractivity contribution in [1.82, 2.24) is 0 Å². The number of thioether (sulfide) groups is 1. The molecular weight excluding hydrogens is 314 g/mol. The van der Waals surface area contributed by atoms with Crippen molar-refractivity contribution < 1.29 is 18.7 Å². The molecule has 0 aliphatic heterocycles. The second kappa shape index (κ2) is 6.95. The van der Waals surface area contributed by atoms with E-state index < -0.39 is 17.6 Å². The normalized spacial score (nSPS) is 10.6. The highest BCUT2D eigenvalue weighted by Gasteiger charge is 2.17. The zero-order valence-corrected chi connectivity index (χ0v) is 12.7. The summed E-state index contributed by atoms with van der Waals surface area (Å²) >= 11 is 2.31. The number of carbonyl (C=O) groups is 1. The van der Waals surface area contributed by atoms with Crippen LogP contribution in [0.5, 0.6) is 0 Å². The predicted molar refractivity (Wildman–Crippen MR) is 80.3 cm³/mol. The van der Waals surface area contributed by atoms with Crippen LogP contribution in [0.1, 0.15) is 17.3 Å². The SMILES string of the molecule is CCSc1cccc(Sc2cc(F)ccc2F)c1C(=O)O. The van der Waals surface area contributed by atoms with Gasteiger partial charge in [-0.1, -0.05) is 24.8 Å². The first-order chi connectivity index (χ1) is 10.0. The molecule has 0 aliphatic rings. The minimum absolute atomic E-state index is 0.0659. The van der Waals surface area contributed by atoms with E-state index in [-0.39, 0.29) is 10.5 Å². The average Bonchev–Trinajstić information content (AvgIpc) is 2.43. The molecule has 0 heterocycles. The quantitative estimate of drug-likeness (QED) is 0.791. The number of hydrogen-bond acceptors (Lipinski definition) is 3. The van der Waals surface area contributed by atoms with Gasteiger partial charge in [0, 0.05) is 9.79 Å². The van der Waals surface area contributed by atoms with Crippen molar-refractivity contribution in [3.63, 3.8) is 0 Å². The molecule has 1 N–H and O–H groups in total. The van der Waals surface area contributed by atoms with Crippen molar-refractivity contribution in [1.29, 1.82) is 0 Å². The number of carboxylic acids is 1. The Balaban J connectivity index is 2.46. The summed E-state index contributed by atoms with van der Waals surface area (Å²) in [5.41, 5.74) is 0.123. The van der Waals surface area contributed by atoms with Gasteiger partial charge < -0.3 is 5.11 Å². The molecule has 0 unspecified atom stereocenters. The van der Waals surface area contributed by atoms with E-state index in [2.05, 4.69) is 0 Å². The van der Waals surface area contributed by atoms with E-state index in [1.54, 1.807) is 18.2 Å². The van der Waals surface area contributed by atoms with Crippen LogP contribution in [0.15, 0.2) is 51.1 Å². The van der Waals surface area contributed by atoms with E-state index in [1.165, 1.54) is 11.8 Å². The maximum absolute atomic E-state index is 13.7. The average molecular weight is 326 g/mol. The summed E-state index contributed by atoms with van der Waals surface area (Å²) in [6.45, 7) is 1.92. The van der Waals surface area contributed by atoms with Crippen molar-refractivity contribution in [3.05, 3.63) is 53.6 Å². The maximum Gasteiger partial charge on any atom is 0.337 e. The lowest BCUT2D eigenvalue weighted by Gasteiger charge is -2.10. The summed E-state index contributed by atoms with van der Waals surface area (Å²) < 4.78 is 26.9. The van der Waals surface area contributed by atoms with Crippen molar-refractivity contribution in [3.8, 4) is 0 Å². The molecule has 2 nitrogen and oxygen atoms in total. The number of aromatic carboxylic acids is 1. The van der Waals surface area contributed by atoms with Crippen molar-refractivity contribution in [2.24, 2.45) is 0 Å². The highest BCUT2D eigenvalue weighted by Crippen LogP contribution is 2.36. The topological polar surface area (TPSA) is 37.3 Å². The van der Waals surface area contributed by atoms with Crippen LogP contribution < -0.4 is 0 Å². The standard InChI is InChI=1S/C15H12F2O2S2/c1-2-20-11-4-3-5-12(14(11)15(18)19)21-13-8-9(16)6-7-10(13)17/h3-8H,2H2,1H3,(H,18,19). The van der Waals surface area contributed by atoms with Crippen LogP contribution in [-0.2, 0) is 0 Å². The van der Waals surface area contributed by atoms with Crippen LogP contribution >= 0.6 is 23.5 Å². The zero-order chi connectivity index (χ0) is 15.4. The number of benzene rings is 2. The van der Waals surface area contributed by atoms with Crippen LogP contribution in [0.4, 0.5) is 8.78 Å². The smallest absolute Gasteiger partial charge is 0.337 e. The number of carboxylic acid groups (broad SMARTS) is 1. The van der Waals surface area contributed by atoms with Crippen LogP contribution in [-0.4, -0.2) is 16.8 Å². The highest BCUT2D eigenvalue weighted by atomic mass is 32.2. The zero-order valence-electron chi connectivity index (χ0n) is 11.1. The fraction of sp³-hybridized carbons (Fsp3) is 0.133. The molecule has 2 aromatic rings. The number of hydrogen-bond donors (Lipinski definition) is 1. The lowest BCUT2D eigenvalue weighted by Crippen LogP contribution is -2.02. The van der Waals surface area contributed by atoms with E-state index >= 15 is 0 Å². The van der Waals surface area contributed by atoms with Crippen LogP contribution in [0, 0.1) is 11.6 Å². The van der Waals surface area contributed by atoms with E-state index in [9.17, 15) is 18.7 Å². The summed E-state index contributed by atoms with van der Waals surface area (Å²) in [7, 11) is 0. The minimum atomic E-state index is -1.08. The second-order valence-corrected chi connectivity index (χ2v) is 6.43. The molecule has 6 heteroatoms. The van der Waals surface area contributed by atoms with E-state index in [0.29, 0.717) is 9.79 Å². The number of rotatable bonds is 5. The molecule has 0 spiro atoms. The Hall–Kier alpha value is -1.53. The van der Waals surface area contributed by atoms with Gasteiger partial charge in [0.25, 0.3) is 0 Å². The van der Waals surface area contributed by atoms with Gasteiger partial charge in [0.05, 0.1) is 10.5 Å². The molecule has 110 valence electrons. The summed E-state index contributed by atoms with van der Waals surface area (Å²) in [5, 5.41) is 9.38. The third-order valence-corrected chi connectivity index (χ3v) is 4.65. The number of halogens is 2. The Labute approximate surface area is 129 Å². The van der Waals surface area contributed by atoms with Crippen molar-refractivity contribution in [2.45, 2.75) is 21.6 Å². The molecule has 0 radical (unpaired) electrons. The van der Waals surface area contributed by atoms with Gasteiger partial charge in [0.2, 0.25) is 0 Å².